The van der Waals surface area contributed by atoms with Crippen LogP contribution in [0.2, 0.25) is 0 Å². The Balaban J connectivity index is 0.00000324. The van der Waals surface area contributed by atoms with Gasteiger partial charge in [-0.25, -0.2) is 0 Å². The van der Waals surface area contributed by atoms with Crippen LogP contribution < -0.4 is 5.73 Å². The Morgan fingerprint density at radius 2 is 2.05 bits per heavy atom. The molecule has 2 N–H and O–H groups in total. The van der Waals surface area contributed by atoms with Crippen molar-refractivity contribution in [2.45, 2.75) is 31.9 Å². The van der Waals surface area contributed by atoms with Crippen LogP contribution in [-0.2, 0) is 14.3 Å². The van der Waals surface area contributed by atoms with E-state index in [1.165, 1.54) is 7.11 Å². The number of amides is 2. The molecule has 6 nitrogen and oxygen atoms in total. The summed E-state index contributed by atoms with van der Waals surface area (Å²) in [6.45, 7) is 4.95. The molecule has 0 bridgehead atoms. The van der Waals surface area contributed by atoms with Crippen LogP contribution in [0.15, 0.2) is 0 Å². The third-order valence-corrected chi connectivity index (χ3v) is 3.50. The molecule has 0 aromatic rings. The minimum absolute atomic E-state index is 0. The van der Waals surface area contributed by atoms with Gasteiger partial charge in [-0.3, -0.25) is 9.59 Å². The van der Waals surface area contributed by atoms with E-state index in [2.05, 4.69) is 0 Å². The second-order valence-corrected chi connectivity index (χ2v) is 5.13. The first-order chi connectivity index (χ1) is 8.34. The number of carbonyl (C=O) groups excluding carboxylic acids is 2. The molecule has 7 heteroatoms. The molecule has 1 saturated heterocycles. The summed E-state index contributed by atoms with van der Waals surface area (Å²) in [7, 11) is 3.29. The Labute approximate surface area is 120 Å². The minimum atomic E-state index is -0.795. The van der Waals surface area contributed by atoms with Crippen molar-refractivity contribution < 1.29 is 14.3 Å². The molecule has 19 heavy (non-hydrogen) atoms. The monoisotopic (exact) mass is 293 g/mol. The summed E-state index contributed by atoms with van der Waals surface area (Å²) in [4.78, 5) is 27.6. The first kappa shape index (κ1) is 18.1. The van der Waals surface area contributed by atoms with Gasteiger partial charge in [0.05, 0.1) is 12.5 Å². The molecule has 112 valence electrons. The molecule has 1 heterocycles. The van der Waals surface area contributed by atoms with Crippen LogP contribution in [0, 0.1) is 0 Å². The van der Waals surface area contributed by atoms with E-state index in [9.17, 15) is 9.59 Å². The molecule has 1 fully saturated rings. The quantitative estimate of drug-likeness (QED) is 0.782. The molecular formula is C12H24ClN3O3. The smallest absolute Gasteiger partial charge is 0.247 e. The summed E-state index contributed by atoms with van der Waals surface area (Å²) >= 11 is 0. The van der Waals surface area contributed by atoms with E-state index in [1.54, 1.807) is 30.7 Å². The van der Waals surface area contributed by atoms with Gasteiger partial charge in [0.15, 0.2) is 0 Å². The van der Waals surface area contributed by atoms with Crippen molar-refractivity contribution in [2.24, 2.45) is 5.73 Å². The summed E-state index contributed by atoms with van der Waals surface area (Å²) in [6, 6.07) is 0. The Kier molecular flexibility index (Phi) is 6.76. The lowest BCUT2D eigenvalue weighted by Crippen LogP contribution is -2.64. The summed E-state index contributed by atoms with van der Waals surface area (Å²) < 4.78 is 5.11. The fourth-order valence-electron chi connectivity index (χ4n) is 2.22. The molecule has 1 unspecified atom stereocenters. The van der Waals surface area contributed by atoms with Gasteiger partial charge in [-0.15, -0.1) is 12.4 Å². The van der Waals surface area contributed by atoms with Crippen LogP contribution in [0.4, 0.5) is 0 Å². The van der Waals surface area contributed by atoms with Gasteiger partial charge in [0.2, 0.25) is 11.8 Å². The summed E-state index contributed by atoms with van der Waals surface area (Å²) in [5, 5.41) is 0. The second-order valence-electron chi connectivity index (χ2n) is 5.13. The zero-order valence-corrected chi connectivity index (χ0v) is 12.8. The van der Waals surface area contributed by atoms with E-state index in [4.69, 9.17) is 10.5 Å². The van der Waals surface area contributed by atoms with Gasteiger partial charge in [0, 0.05) is 33.8 Å². The Morgan fingerprint density at radius 1 is 1.47 bits per heavy atom. The highest BCUT2D eigenvalue weighted by molar-refractivity contribution is 5.91. The fraction of sp³-hybridized carbons (Fsp3) is 0.833. The van der Waals surface area contributed by atoms with Gasteiger partial charge in [-0.1, -0.05) is 0 Å². The van der Waals surface area contributed by atoms with Gasteiger partial charge in [0.25, 0.3) is 0 Å². The van der Waals surface area contributed by atoms with Crippen LogP contribution in [0.3, 0.4) is 0 Å². The molecule has 2 amide bonds. The first-order valence-corrected chi connectivity index (χ1v) is 6.13. The van der Waals surface area contributed by atoms with Crippen molar-refractivity contribution in [3.8, 4) is 0 Å². The Morgan fingerprint density at radius 3 is 2.53 bits per heavy atom. The number of likely N-dealkylation sites (N-methyl/N-ethyl adjacent to an activating group) is 1. The van der Waals surface area contributed by atoms with Crippen LogP contribution in [0.5, 0.6) is 0 Å². The zero-order chi connectivity index (χ0) is 13.9. The SMILES string of the molecule is COC(CN)CC(=O)N1CCN(C)C(=O)C1(C)C.Cl. The number of methoxy groups -OCH3 is 1. The van der Waals surface area contributed by atoms with Crippen molar-refractivity contribution in [3.05, 3.63) is 0 Å². The first-order valence-electron chi connectivity index (χ1n) is 6.13. The van der Waals surface area contributed by atoms with E-state index in [0.717, 1.165) is 0 Å². The topological polar surface area (TPSA) is 75.9 Å². The van der Waals surface area contributed by atoms with E-state index in [0.29, 0.717) is 19.6 Å². The molecule has 1 aliphatic heterocycles. The normalized spacial score (nSPS) is 19.9. The standard InChI is InChI=1S/C12H23N3O3.ClH/c1-12(2)11(17)14(3)5-6-15(12)10(16)7-9(8-13)18-4;/h9H,5-8,13H2,1-4H3;1H. The largest absolute Gasteiger partial charge is 0.380 e. The third kappa shape index (κ3) is 3.81. The van der Waals surface area contributed by atoms with Crippen molar-refractivity contribution in [1.29, 1.82) is 0 Å². The number of halogens is 1. The number of carbonyl (C=O) groups is 2. The molecule has 0 radical (unpaired) electrons. The summed E-state index contributed by atoms with van der Waals surface area (Å²) in [5.41, 5.74) is 4.71. The number of nitrogens with two attached hydrogens (primary N) is 1. The van der Waals surface area contributed by atoms with Gasteiger partial charge in [-0.05, 0) is 13.8 Å². The maximum absolute atomic E-state index is 12.2. The summed E-state index contributed by atoms with van der Waals surface area (Å²) in [6.07, 6.45) is -0.0731. The van der Waals surface area contributed by atoms with Crippen molar-refractivity contribution in [2.75, 3.05) is 33.8 Å². The van der Waals surface area contributed by atoms with Gasteiger partial charge in [-0.2, -0.15) is 0 Å². The Bertz CT molecular complexity index is 332. The number of ether oxygens (including phenoxy) is 1. The molecule has 0 aromatic heterocycles. The van der Waals surface area contributed by atoms with Gasteiger partial charge < -0.3 is 20.3 Å². The predicted molar refractivity (Wildman–Crippen MR) is 75.1 cm³/mol. The van der Waals surface area contributed by atoms with Crippen molar-refractivity contribution in [1.82, 2.24) is 9.80 Å². The number of nitrogens with zero attached hydrogens (tertiary/aromatic N) is 2. The van der Waals surface area contributed by atoms with Crippen molar-refractivity contribution in [3.63, 3.8) is 0 Å². The fourth-order valence-corrected chi connectivity index (χ4v) is 2.22. The third-order valence-electron chi connectivity index (χ3n) is 3.50. The van der Waals surface area contributed by atoms with Crippen LogP contribution in [-0.4, -0.2) is 67.0 Å². The molecule has 0 aliphatic carbocycles. The van der Waals surface area contributed by atoms with Crippen LogP contribution >= 0.6 is 12.4 Å². The van der Waals surface area contributed by atoms with Crippen LogP contribution in [0.1, 0.15) is 20.3 Å². The van der Waals surface area contributed by atoms with Crippen LogP contribution in [0.25, 0.3) is 0 Å². The number of hydrogen-bond donors (Lipinski definition) is 1. The number of hydrogen-bond acceptors (Lipinski definition) is 4. The maximum Gasteiger partial charge on any atom is 0.247 e. The lowest BCUT2D eigenvalue weighted by atomic mass is 9.97. The van der Waals surface area contributed by atoms with E-state index in [-0.39, 0.29) is 36.7 Å². The highest BCUT2D eigenvalue weighted by atomic mass is 35.5. The molecule has 0 saturated carbocycles. The lowest BCUT2D eigenvalue weighted by molar-refractivity contribution is -0.158. The molecule has 1 aliphatic rings. The zero-order valence-electron chi connectivity index (χ0n) is 12.0. The lowest BCUT2D eigenvalue weighted by Gasteiger charge is -2.45. The van der Waals surface area contributed by atoms with Crippen molar-refractivity contribution >= 4 is 24.2 Å². The maximum atomic E-state index is 12.2. The molecule has 0 spiro atoms. The predicted octanol–water partition coefficient (Wildman–Crippen LogP) is -0.149. The second kappa shape index (κ2) is 7.07. The number of rotatable bonds is 4. The minimum Gasteiger partial charge on any atom is -0.380 e. The van der Waals surface area contributed by atoms with E-state index < -0.39 is 5.54 Å². The molecule has 1 rings (SSSR count). The highest BCUT2D eigenvalue weighted by Crippen LogP contribution is 2.22. The van der Waals surface area contributed by atoms with Gasteiger partial charge >= 0.3 is 0 Å². The number of piperazine rings is 1. The summed E-state index contributed by atoms with van der Waals surface area (Å²) in [5.74, 6) is -0.123. The molecular weight excluding hydrogens is 270 g/mol. The van der Waals surface area contributed by atoms with E-state index >= 15 is 0 Å². The highest BCUT2D eigenvalue weighted by Gasteiger charge is 2.42. The van der Waals surface area contributed by atoms with E-state index in [1.807, 2.05) is 0 Å². The average Bonchev–Trinajstić information content (AvgIpc) is 2.32. The average molecular weight is 294 g/mol. The Hall–Kier alpha value is -0.850. The molecule has 1 atom stereocenters. The van der Waals surface area contributed by atoms with Gasteiger partial charge in [0.1, 0.15) is 5.54 Å². The molecule has 0 aromatic carbocycles.